The van der Waals surface area contributed by atoms with Gasteiger partial charge in [-0.05, 0) is 36.4 Å². The number of aromatic hydroxyl groups is 1. The molecule has 0 aromatic heterocycles. The number of hydrogen-bond acceptors (Lipinski definition) is 4. The summed E-state index contributed by atoms with van der Waals surface area (Å²) in [6, 6.07) is 13.0. The van der Waals surface area contributed by atoms with Crippen molar-refractivity contribution >= 4 is 23.2 Å². The van der Waals surface area contributed by atoms with Gasteiger partial charge < -0.3 is 20.5 Å². The zero-order chi connectivity index (χ0) is 18.4. The predicted octanol–water partition coefficient (Wildman–Crippen LogP) is 3.39. The molecule has 0 unspecified atom stereocenters. The van der Waals surface area contributed by atoms with Gasteiger partial charge in [0, 0.05) is 22.9 Å². The molecule has 0 atom stereocenters. The molecule has 0 aliphatic rings. The summed E-state index contributed by atoms with van der Waals surface area (Å²) in [5.74, 6) is 0.181. The third kappa shape index (κ3) is 5.84. The van der Waals surface area contributed by atoms with Crippen LogP contribution in [-0.2, 0) is 9.59 Å². The Balaban J connectivity index is 1.90. The molecule has 3 N–H and O–H groups in total. The van der Waals surface area contributed by atoms with E-state index in [4.69, 9.17) is 4.74 Å². The molecule has 25 heavy (non-hydrogen) atoms. The molecule has 2 amide bonds. The Bertz CT molecular complexity index is 749. The van der Waals surface area contributed by atoms with E-state index in [1.165, 1.54) is 12.1 Å². The van der Waals surface area contributed by atoms with Gasteiger partial charge in [-0.2, -0.15) is 0 Å². The summed E-state index contributed by atoms with van der Waals surface area (Å²) >= 11 is 0. The van der Waals surface area contributed by atoms with Gasteiger partial charge >= 0.3 is 0 Å². The maximum Gasteiger partial charge on any atom is 0.262 e. The molecular weight excluding hydrogens is 320 g/mol. The normalized spacial score (nSPS) is 10.8. The average molecular weight is 342 g/mol. The van der Waals surface area contributed by atoms with Crippen LogP contribution < -0.4 is 15.4 Å². The number of phenols is 1. The van der Waals surface area contributed by atoms with Crippen molar-refractivity contribution in [1.29, 1.82) is 0 Å². The second-order valence-electron chi connectivity index (χ2n) is 6.62. The topological polar surface area (TPSA) is 87.7 Å². The van der Waals surface area contributed by atoms with Gasteiger partial charge in [-0.3, -0.25) is 9.59 Å². The van der Waals surface area contributed by atoms with Gasteiger partial charge in [0.2, 0.25) is 5.91 Å². The molecule has 2 rings (SSSR count). The van der Waals surface area contributed by atoms with Gasteiger partial charge in [-0.25, -0.2) is 0 Å². The quantitative estimate of drug-likeness (QED) is 0.727. The van der Waals surface area contributed by atoms with E-state index >= 15 is 0 Å². The van der Waals surface area contributed by atoms with Gasteiger partial charge in [-0.15, -0.1) is 0 Å². The van der Waals surface area contributed by atoms with Crippen LogP contribution in [0.2, 0.25) is 0 Å². The van der Waals surface area contributed by atoms with Crippen molar-refractivity contribution in [3.8, 4) is 11.5 Å². The van der Waals surface area contributed by atoms with Crippen molar-refractivity contribution in [3.63, 3.8) is 0 Å². The van der Waals surface area contributed by atoms with Gasteiger partial charge in [-0.1, -0.05) is 26.8 Å². The van der Waals surface area contributed by atoms with Crippen molar-refractivity contribution in [1.82, 2.24) is 0 Å². The number of carbonyl (C=O) groups excluding carboxylic acids is 2. The Morgan fingerprint density at radius 2 is 1.68 bits per heavy atom. The number of carbonyl (C=O) groups is 2. The monoisotopic (exact) mass is 342 g/mol. The standard InChI is InChI=1S/C19H22N2O4/c1-19(2,3)18(24)21-14-5-4-6-16(11-14)25-12-17(23)20-13-7-9-15(22)10-8-13/h4-11,22H,12H2,1-3H3,(H,20,23)(H,21,24). The van der Waals surface area contributed by atoms with Crippen LogP contribution in [0.25, 0.3) is 0 Å². The van der Waals surface area contributed by atoms with Crippen molar-refractivity contribution < 1.29 is 19.4 Å². The van der Waals surface area contributed by atoms with E-state index in [-0.39, 0.29) is 24.2 Å². The Labute approximate surface area is 146 Å². The molecule has 132 valence electrons. The molecule has 6 heteroatoms. The van der Waals surface area contributed by atoms with E-state index < -0.39 is 5.41 Å². The maximum atomic E-state index is 12.0. The van der Waals surface area contributed by atoms with E-state index in [1.807, 2.05) is 20.8 Å². The van der Waals surface area contributed by atoms with Crippen molar-refractivity contribution in [2.75, 3.05) is 17.2 Å². The van der Waals surface area contributed by atoms with Crippen LogP contribution in [0.5, 0.6) is 11.5 Å². The number of nitrogens with one attached hydrogen (secondary N) is 2. The molecular formula is C19H22N2O4. The van der Waals surface area contributed by atoms with Gasteiger partial charge in [0.1, 0.15) is 11.5 Å². The van der Waals surface area contributed by atoms with Crippen LogP contribution in [0.15, 0.2) is 48.5 Å². The lowest BCUT2D eigenvalue weighted by molar-refractivity contribution is -0.123. The highest BCUT2D eigenvalue weighted by Crippen LogP contribution is 2.21. The fourth-order valence-corrected chi connectivity index (χ4v) is 1.87. The summed E-state index contributed by atoms with van der Waals surface area (Å²) < 4.78 is 5.46. The number of amides is 2. The highest BCUT2D eigenvalue weighted by molar-refractivity contribution is 5.94. The molecule has 0 bridgehead atoms. The first-order valence-electron chi connectivity index (χ1n) is 7.87. The fourth-order valence-electron chi connectivity index (χ4n) is 1.87. The Hall–Kier alpha value is -3.02. The van der Waals surface area contributed by atoms with Crippen LogP contribution in [-0.4, -0.2) is 23.5 Å². The first-order chi connectivity index (χ1) is 11.7. The molecule has 6 nitrogen and oxygen atoms in total. The number of benzene rings is 2. The highest BCUT2D eigenvalue weighted by Gasteiger charge is 2.21. The van der Waals surface area contributed by atoms with E-state index in [1.54, 1.807) is 36.4 Å². The third-order valence-electron chi connectivity index (χ3n) is 3.29. The SMILES string of the molecule is CC(C)(C)C(=O)Nc1cccc(OCC(=O)Nc2ccc(O)cc2)c1. The Morgan fingerprint density at radius 1 is 1.00 bits per heavy atom. The maximum absolute atomic E-state index is 12.0. The molecule has 0 saturated heterocycles. The number of phenolic OH excluding ortho intramolecular Hbond substituents is 1. The summed E-state index contributed by atoms with van der Waals surface area (Å²) in [5, 5.41) is 14.7. The van der Waals surface area contributed by atoms with Crippen molar-refractivity contribution in [2.45, 2.75) is 20.8 Å². The minimum Gasteiger partial charge on any atom is -0.508 e. The second kappa shape index (κ2) is 7.70. The highest BCUT2D eigenvalue weighted by atomic mass is 16.5. The first kappa shape index (κ1) is 18.3. The summed E-state index contributed by atoms with van der Waals surface area (Å²) in [6.07, 6.45) is 0. The van der Waals surface area contributed by atoms with Crippen LogP contribution in [0.4, 0.5) is 11.4 Å². The van der Waals surface area contributed by atoms with Gasteiger partial charge in [0.25, 0.3) is 5.91 Å². The summed E-state index contributed by atoms with van der Waals surface area (Å²) in [7, 11) is 0. The van der Waals surface area contributed by atoms with Crippen LogP contribution >= 0.6 is 0 Å². The molecule has 2 aromatic carbocycles. The van der Waals surface area contributed by atoms with Crippen LogP contribution in [0, 0.1) is 5.41 Å². The zero-order valence-electron chi connectivity index (χ0n) is 14.5. The Morgan fingerprint density at radius 3 is 2.32 bits per heavy atom. The minimum absolute atomic E-state index is 0.102. The van der Waals surface area contributed by atoms with Gasteiger partial charge in [0.15, 0.2) is 6.61 Å². The Kier molecular flexibility index (Phi) is 5.64. The third-order valence-corrected chi connectivity index (χ3v) is 3.29. The lowest BCUT2D eigenvalue weighted by Crippen LogP contribution is -2.27. The van der Waals surface area contributed by atoms with Crippen molar-refractivity contribution in [3.05, 3.63) is 48.5 Å². The predicted molar refractivity (Wildman–Crippen MR) is 96.8 cm³/mol. The van der Waals surface area contributed by atoms with E-state index in [0.717, 1.165) is 0 Å². The molecule has 0 saturated carbocycles. The molecule has 0 spiro atoms. The minimum atomic E-state index is -0.499. The lowest BCUT2D eigenvalue weighted by atomic mass is 9.95. The second-order valence-corrected chi connectivity index (χ2v) is 6.62. The summed E-state index contributed by atoms with van der Waals surface area (Å²) in [6.45, 7) is 5.32. The number of ether oxygens (including phenoxy) is 1. The number of anilines is 2. The molecule has 0 radical (unpaired) electrons. The van der Waals surface area contributed by atoms with E-state index in [2.05, 4.69) is 10.6 Å². The molecule has 0 heterocycles. The van der Waals surface area contributed by atoms with Crippen LogP contribution in [0.1, 0.15) is 20.8 Å². The van der Waals surface area contributed by atoms with E-state index in [0.29, 0.717) is 17.1 Å². The zero-order valence-corrected chi connectivity index (χ0v) is 14.5. The molecule has 0 aliphatic carbocycles. The van der Waals surface area contributed by atoms with E-state index in [9.17, 15) is 14.7 Å². The summed E-state index contributed by atoms with van der Waals surface area (Å²) in [4.78, 5) is 23.9. The fraction of sp³-hybridized carbons (Fsp3) is 0.263. The van der Waals surface area contributed by atoms with Gasteiger partial charge in [0.05, 0.1) is 0 Å². The largest absolute Gasteiger partial charge is 0.508 e. The molecule has 2 aromatic rings. The molecule has 0 aliphatic heterocycles. The number of rotatable bonds is 5. The number of hydrogen-bond donors (Lipinski definition) is 3. The smallest absolute Gasteiger partial charge is 0.262 e. The first-order valence-corrected chi connectivity index (χ1v) is 7.87. The van der Waals surface area contributed by atoms with Crippen molar-refractivity contribution in [2.24, 2.45) is 5.41 Å². The molecule has 0 fully saturated rings. The van der Waals surface area contributed by atoms with Crippen LogP contribution in [0.3, 0.4) is 0 Å². The lowest BCUT2D eigenvalue weighted by Gasteiger charge is -2.18. The summed E-state index contributed by atoms with van der Waals surface area (Å²) in [5.41, 5.74) is 0.676. The average Bonchev–Trinajstić information content (AvgIpc) is 2.55.